The minimum Gasteiger partial charge on any atom is -0.0619 e. The topological polar surface area (TPSA) is 0 Å². The molecule has 0 radical (unpaired) electrons. The van der Waals surface area contributed by atoms with E-state index in [2.05, 4.69) is 236 Å². The lowest BCUT2D eigenvalue weighted by Crippen LogP contribution is -2.16. The third-order valence-corrected chi connectivity index (χ3v) is 16.7. The second kappa shape index (κ2) is 13.3. The van der Waals surface area contributed by atoms with E-state index < -0.39 is 0 Å². The summed E-state index contributed by atoms with van der Waals surface area (Å²) in [5.41, 5.74) is 31.8. The van der Waals surface area contributed by atoms with Gasteiger partial charge in [-0.3, -0.25) is 0 Å². The lowest BCUT2D eigenvalue weighted by atomic mass is 9.79. The Morgan fingerprint density at radius 2 is 0.507 bits per heavy atom. The highest BCUT2D eigenvalue weighted by Gasteiger charge is 2.39. The first-order valence-electron chi connectivity index (χ1n) is 24.1. The molecule has 0 fully saturated rings. The van der Waals surface area contributed by atoms with Gasteiger partial charge in [0.15, 0.2) is 0 Å². The fourth-order valence-corrected chi connectivity index (χ4v) is 13.0. The maximum absolute atomic E-state index is 2.48. The van der Waals surface area contributed by atoms with Gasteiger partial charge in [-0.15, -0.1) is 0 Å². The molecule has 4 aliphatic rings. The maximum atomic E-state index is 2.48. The monoisotopic (exact) mass is 854 g/mol. The molecule has 0 heterocycles. The summed E-state index contributed by atoms with van der Waals surface area (Å²) in [6.07, 6.45) is 0. The van der Waals surface area contributed by atoms with Crippen LogP contribution >= 0.6 is 0 Å². The predicted octanol–water partition coefficient (Wildman–Crippen LogP) is 18.1. The number of benzene rings is 10. The lowest BCUT2D eigenvalue weighted by molar-refractivity contribution is 0.659. The molecular weight excluding hydrogens is 805 g/mol. The molecule has 318 valence electrons. The zero-order chi connectivity index (χ0) is 45.1. The van der Waals surface area contributed by atoms with Gasteiger partial charge in [-0.25, -0.2) is 0 Å². The van der Waals surface area contributed by atoms with E-state index in [0.29, 0.717) is 0 Å². The molecule has 0 saturated carbocycles. The van der Waals surface area contributed by atoms with Crippen LogP contribution in [0.15, 0.2) is 194 Å². The summed E-state index contributed by atoms with van der Waals surface area (Å²) in [5.74, 6) is 0. The van der Waals surface area contributed by atoms with E-state index >= 15 is 0 Å². The minimum absolute atomic E-state index is 0.0221. The summed E-state index contributed by atoms with van der Waals surface area (Å²) >= 11 is 0. The van der Waals surface area contributed by atoms with Crippen LogP contribution in [0.2, 0.25) is 0 Å². The molecule has 14 rings (SSSR count). The molecule has 0 amide bonds. The van der Waals surface area contributed by atoms with Crippen molar-refractivity contribution in [2.75, 3.05) is 0 Å². The number of hydrogen-bond acceptors (Lipinski definition) is 0. The molecule has 0 unspecified atom stereocenters. The molecule has 0 bridgehead atoms. The van der Waals surface area contributed by atoms with Crippen molar-refractivity contribution in [3.63, 3.8) is 0 Å². The fourth-order valence-electron chi connectivity index (χ4n) is 13.0. The summed E-state index contributed by atoms with van der Waals surface area (Å²) in [5, 5.41) is 2.69. The van der Waals surface area contributed by atoms with Crippen LogP contribution in [0.25, 0.3) is 111 Å². The van der Waals surface area contributed by atoms with Crippen LogP contribution in [0.1, 0.15) is 74.9 Å². The van der Waals surface area contributed by atoms with Crippen LogP contribution in [0.5, 0.6) is 0 Å². The Hall–Kier alpha value is -7.54. The van der Waals surface area contributed by atoms with Crippen molar-refractivity contribution in [2.24, 2.45) is 0 Å². The number of fused-ring (bicyclic) bond motifs is 12. The quantitative estimate of drug-likeness (QED) is 0.165. The van der Waals surface area contributed by atoms with Crippen LogP contribution in [0.3, 0.4) is 0 Å². The first kappa shape index (κ1) is 38.7. The molecule has 0 aliphatic heterocycles. The van der Waals surface area contributed by atoms with Crippen LogP contribution < -0.4 is 0 Å². The summed E-state index contributed by atoms with van der Waals surface area (Å²) in [6.45, 7) is 14.4. The van der Waals surface area contributed by atoms with Gasteiger partial charge in [-0.1, -0.05) is 205 Å². The molecule has 0 aromatic heterocycles. The second-order valence-corrected chi connectivity index (χ2v) is 21.2. The van der Waals surface area contributed by atoms with Crippen molar-refractivity contribution in [3.05, 3.63) is 228 Å². The van der Waals surface area contributed by atoms with Crippen molar-refractivity contribution in [1.82, 2.24) is 0 Å². The van der Waals surface area contributed by atoms with Crippen molar-refractivity contribution < 1.29 is 0 Å². The van der Waals surface area contributed by atoms with Crippen LogP contribution in [-0.2, 0) is 16.2 Å². The van der Waals surface area contributed by atoms with Gasteiger partial charge in [-0.2, -0.15) is 0 Å². The van der Waals surface area contributed by atoms with Crippen molar-refractivity contribution in [2.45, 2.75) is 57.8 Å². The van der Waals surface area contributed by atoms with Crippen molar-refractivity contribution >= 4 is 10.8 Å². The minimum atomic E-state index is -0.142. The molecule has 0 atom stereocenters. The van der Waals surface area contributed by atoms with Gasteiger partial charge in [0.1, 0.15) is 0 Å². The van der Waals surface area contributed by atoms with Gasteiger partial charge in [0.05, 0.1) is 0 Å². The van der Waals surface area contributed by atoms with E-state index in [0.717, 1.165) is 0 Å². The largest absolute Gasteiger partial charge is 0.0619 e. The Morgan fingerprint density at radius 3 is 0.970 bits per heavy atom. The Morgan fingerprint density at radius 1 is 0.209 bits per heavy atom. The van der Waals surface area contributed by atoms with Gasteiger partial charge >= 0.3 is 0 Å². The third-order valence-electron chi connectivity index (χ3n) is 16.7. The summed E-state index contributed by atoms with van der Waals surface area (Å²) < 4.78 is 0. The van der Waals surface area contributed by atoms with Crippen molar-refractivity contribution in [3.8, 4) is 100 Å². The Balaban J connectivity index is 0.753. The summed E-state index contributed by atoms with van der Waals surface area (Å²) in [6, 6.07) is 74.2. The zero-order valence-corrected chi connectivity index (χ0v) is 39.0. The molecule has 67 heavy (non-hydrogen) atoms. The lowest BCUT2D eigenvalue weighted by Gasteiger charge is -2.24. The smallest absolute Gasteiger partial charge is 0.0159 e. The summed E-state index contributed by atoms with van der Waals surface area (Å²) in [4.78, 5) is 0. The highest BCUT2D eigenvalue weighted by Crippen LogP contribution is 2.55. The molecule has 0 heteroatoms. The third kappa shape index (κ3) is 5.25. The average Bonchev–Trinajstić information content (AvgIpc) is 3.97. The SMILES string of the molecule is CC1(C)c2ccccc2-c2ccc(-c3ccc4c(c3)C(C)(C)c3cc(-c5ccc6c(c5)C(C)(C)c5cc(-c7ccc(-c8ccc9c%10c(cccc8%10)-c8ccccc8-9)cc7)ccc5-6)ccc3-4)cc21. The van der Waals surface area contributed by atoms with Gasteiger partial charge in [0.25, 0.3) is 0 Å². The summed E-state index contributed by atoms with van der Waals surface area (Å²) in [7, 11) is 0. The van der Waals surface area contributed by atoms with Crippen LogP contribution in [0, 0.1) is 0 Å². The average molecular weight is 855 g/mol. The number of hydrogen-bond donors (Lipinski definition) is 0. The highest BCUT2D eigenvalue weighted by molar-refractivity contribution is 6.18. The molecule has 0 N–H and O–H groups in total. The molecule has 0 spiro atoms. The zero-order valence-electron chi connectivity index (χ0n) is 39.0. The van der Waals surface area contributed by atoms with E-state index in [1.54, 1.807) is 0 Å². The Labute approximate surface area is 394 Å². The van der Waals surface area contributed by atoms with E-state index in [4.69, 9.17) is 0 Å². The molecule has 10 aromatic carbocycles. The molecular formula is C67H50. The van der Waals surface area contributed by atoms with E-state index in [9.17, 15) is 0 Å². The Bertz CT molecular complexity index is 3780. The van der Waals surface area contributed by atoms with Crippen molar-refractivity contribution in [1.29, 1.82) is 0 Å². The van der Waals surface area contributed by atoms with Gasteiger partial charge < -0.3 is 0 Å². The van der Waals surface area contributed by atoms with Crippen LogP contribution in [-0.4, -0.2) is 0 Å². The second-order valence-electron chi connectivity index (χ2n) is 21.2. The van der Waals surface area contributed by atoms with E-state index in [-0.39, 0.29) is 16.2 Å². The standard InChI is InChI=1S/C67H50/c1-65(2)58-17-10-9-14-49(58)50-28-23-42(35-59(50)65)43-24-30-53-54-31-26-45(38-63(54)67(5,6)62(53)36-43)44-25-29-52-51-27-22-41(34-60(51)66(3,4)61(52)37-44)39-18-20-40(21-19-39)46-32-33-57-48-13-8-7-12-47(48)56-16-11-15-55(46)64(56)57/h7-38H,1-6H3. The fraction of sp³-hybridized carbons (Fsp3) is 0.134. The van der Waals surface area contributed by atoms with Gasteiger partial charge in [0, 0.05) is 16.2 Å². The van der Waals surface area contributed by atoms with E-state index in [1.165, 1.54) is 144 Å². The van der Waals surface area contributed by atoms with Crippen LogP contribution in [0.4, 0.5) is 0 Å². The predicted molar refractivity (Wildman–Crippen MR) is 283 cm³/mol. The first-order valence-corrected chi connectivity index (χ1v) is 24.1. The first-order chi connectivity index (χ1) is 32.5. The molecule has 4 aliphatic carbocycles. The highest BCUT2D eigenvalue weighted by atomic mass is 14.4. The van der Waals surface area contributed by atoms with Gasteiger partial charge in [0.2, 0.25) is 0 Å². The van der Waals surface area contributed by atoms with Gasteiger partial charge in [-0.05, 0) is 175 Å². The van der Waals surface area contributed by atoms with E-state index in [1.807, 2.05) is 0 Å². The maximum Gasteiger partial charge on any atom is 0.0159 e. The Kier molecular flexibility index (Phi) is 7.68. The molecule has 0 saturated heterocycles. The normalized spacial score (nSPS) is 15.4. The molecule has 10 aromatic rings. The molecule has 0 nitrogen and oxygen atoms in total. The number of rotatable bonds is 4.